The number of rotatable bonds is 14. The Labute approximate surface area is 583 Å². The van der Waals surface area contributed by atoms with Crippen LogP contribution in [0.4, 0.5) is 39.5 Å². The zero-order chi connectivity index (χ0) is 75.4. The Morgan fingerprint density at radius 2 is 0.750 bits per heavy atom. The van der Waals surface area contributed by atoms with E-state index in [4.69, 9.17) is 5.11 Å². The lowest BCUT2D eigenvalue weighted by Gasteiger charge is -2.21. The second-order valence-corrected chi connectivity index (χ2v) is 26.1. The molecule has 9 aromatic rings. The van der Waals surface area contributed by atoms with Crippen LogP contribution < -0.4 is 4.18 Å². The lowest BCUT2D eigenvalue weighted by Crippen LogP contribution is -2.34. The Hall–Kier alpha value is -9.23. The van der Waals surface area contributed by atoms with Gasteiger partial charge in [-0.3, -0.25) is 14.4 Å². The molecule has 0 aliphatic heterocycles. The van der Waals surface area contributed by atoms with E-state index in [0.29, 0.717) is 43.2 Å². The molecular weight excluding hydrogens is 1450 g/mol. The minimum absolute atomic E-state index is 0.0457. The van der Waals surface area contributed by atoms with Gasteiger partial charge >= 0.3 is 46.9 Å². The van der Waals surface area contributed by atoms with Gasteiger partial charge in [-0.15, -0.1) is 3.63 Å². The van der Waals surface area contributed by atoms with Crippen molar-refractivity contribution < 1.29 is 102 Å². The van der Waals surface area contributed by atoms with E-state index in [1.165, 1.54) is 50.2 Å². The van der Waals surface area contributed by atoms with Gasteiger partial charge in [0.25, 0.3) is 17.7 Å². The number of aryl methyl sites for hydroxylation is 2. The summed E-state index contributed by atoms with van der Waals surface area (Å²) in [6, 6.07) is 62.2. The van der Waals surface area contributed by atoms with E-state index >= 15 is 0 Å². The van der Waals surface area contributed by atoms with Crippen LogP contribution in [0.5, 0.6) is 23.0 Å². The Morgan fingerprint density at radius 1 is 0.390 bits per heavy atom. The van der Waals surface area contributed by atoms with E-state index in [2.05, 4.69) is 58.2 Å². The van der Waals surface area contributed by atoms with Gasteiger partial charge in [0.15, 0.2) is 5.75 Å². The maximum Gasteiger partial charge on any atom is 0.534 e. The number of hydrogen-bond acceptors (Lipinski definition) is 14. The predicted octanol–water partition coefficient (Wildman–Crippen LogP) is 17.0. The predicted molar refractivity (Wildman–Crippen MR) is 370 cm³/mol. The van der Waals surface area contributed by atoms with Crippen molar-refractivity contribution >= 4 is 85.6 Å². The van der Waals surface area contributed by atoms with Crippen LogP contribution in [-0.2, 0) is 34.0 Å². The largest absolute Gasteiger partial charge is 0.534 e. The fourth-order valence-electron chi connectivity index (χ4n) is 8.57. The second-order valence-electron chi connectivity index (χ2n) is 20.4. The zero-order valence-corrected chi connectivity index (χ0v) is 59.1. The number of fused-ring (bicyclic) bond motifs is 3. The highest BCUT2D eigenvalue weighted by Crippen LogP contribution is 2.35. The van der Waals surface area contributed by atoms with Crippen LogP contribution in [0.2, 0.25) is 0 Å². The lowest BCUT2D eigenvalue weighted by molar-refractivity contribution is -0.0586. The minimum Gasteiger partial charge on any atom is -0.508 e. The number of alkyl halides is 9. The molecule has 100 heavy (non-hydrogen) atoms. The highest BCUT2D eigenvalue weighted by atomic mass is 79.9. The lowest BCUT2D eigenvalue weighted by atomic mass is 9.95. The number of benzene rings is 9. The van der Waals surface area contributed by atoms with E-state index in [0.717, 1.165) is 52.0 Å². The standard InChI is InChI=1S/C18H21NO.C14H10O.C12H14F3NO4S.C11H15NO2.C7H7Br.C6H6O.C2F6O5S2/c1-4-19(5-2)18(20)17-13-9-8-12-16(17)15-11-7-6-10-14(15)3;15-14-9-10-5-1-2-6-11(10)12-7-3-4-8-13(12)14;1-3-16(4-2)11(17)9-7-5-6-8-10(9)20-21(18,19)12(13,14)15;1-3-12(4-2)11(14)9-7-5-6-8-10(9)13;1-6-4-2-3-5-7(6)8;7-6-4-2-1-3-5-6;3-1(4,5)14(9,10)13-15(11,12)2(6,7)8/h6-13H,4-5H2,1-3H3;1-9,15H;5-8H,3-4H2,1-2H3;5-8,13H,3-4H2,1-2H3;2-5H,1H3;1-5,7H;. The van der Waals surface area contributed by atoms with Gasteiger partial charge in [-0.2, -0.15) is 64.8 Å². The molecule has 0 heterocycles. The first kappa shape index (κ1) is 85.0. The number of nitrogens with zero attached hydrogens (tertiary/aromatic N) is 3. The quantitative estimate of drug-likeness (QED) is 0.0397. The highest BCUT2D eigenvalue weighted by molar-refractivity contribution is 9.10. The van der Waals surface area contributed by atoms with E-state index < -0.39 is 58.5 Å². The van der Waals surface area contributed by atoms with Crippen molar-refractivity contribution in [3.8, 4) is 34.1 Å². The van der Waals surface area contributed by atoms with Gasteiger partial charge in [-0.25, -0.2) is 0 Å². The summed E-state index contributed by atoms with van der Waals surface area (Å²) in [5.41, 5.74) is -12.5. The summed E-state index contributed by atoms with van der Waals surface area (Å²) in [7, 11) is -19.5. The van der Waals surface area contributed by atoms with Gasteiger partial charge in [0, 0.05) is 54.7 Å². The van der Waals surface area contributed by atoms with Crippen LogP contribution in [0.1, 0.15) is 83.7 Å². The van der Waals surface area contributed by atoms with Crippen molar-refractivity contribution in [1.82, 2.24) is 14.7 Å². The number of carbonyl (C=O) groups excluding carboxylic acids is 3. The topological polar surface area (TPSA) is 242 Å². The molecule has 0 saturated carbocycles. The van der Waals surface area contributed by atoms with Crippen molar-refractivity contribution in [1.29, 1.82) is 0 Å². The maximum absolute atomic E-state index is 12.6. The molecule has 9 aromatic carbocycles. The van der Waals surface area contributed by atoms with Crippen molar-refractivity contribution in [3.63, 3.8) is 0 Å². The Bertz CT molecular complexity index is 4420. The summed E-state index contributed by atoms with van der Waals surface area (Å²) in [4.78, 5) is 41.4. The summed E-state index contributed by atoms with van der Waals surface area (Å²) in [5, 5.41) is 32.3. The third-order valence-corrected chi connectivity index (χ3v) is 18.2. The van der Waals surface area contributed by atoms with Crippen LogP contribution in [0.15, 0.2) is 211 Å². The average molecular weight is 1530 g/mol. The minimum atomic E-state index is -6.85. The molecule has 0 unspecified atom stereocenters. The van der Waals surface area contributed by atoms with Crippen LogP contribution in [0.3, 0.4) is 0 Å². The molecule has 0 aliphatic rings. The third-order valence-electron chi connectivity index (χ3n) is 13.8. The monoisotopic (exact) mass is 1530 g/mol. The van der Waals surface area contributed by atoms with E-state index in [-0.39, 0.29) is 23.1 Å². The molecule has 3 amide bonds. The summed E-state index contributed by atoms with van der Waals surface area (Å²) < 4.78 is 174. The number of phenols is 3. The Morgan fingerprint density at radius 3 is 1.18 bits per heavy atom. The van der Waals surface area contributed by atoms with Crippen LogP contribution >= 0.6 is 15.9 Å². The first-order chi connectivity index (χ1) is 46.8. The zero-order valence-electron chi connectivity index (χ0n) is 55.1. The van der Waals surface area contributed by atoms with Crippen molar-refractivity contribution in [2.75, 3.05) is 39.3 Å². The molecular formula is C70H73BrF9N3O14S3. The third kappa shape index (κ3) is 24.9. The number of carbonyl (C=O) groups is 3. The van der Waals surface area contributed by atoms with Crippen molar-refractivity contribution in [2.45, 2.75) is 71.9 Å². The van der Waals surface area contributed by atoms with Crippen LogP contribution in [-0.4, -0.2) is 129 Å². The molecule has 0 aliphatic carbocycles. The number of phenolic OH excluding ortho intramolecular Hbond substituents is 3. The Kier molecular flexibility index (Phi) is 33.1. The van der Waals surface area contributed by atoms with Gasteiger partial charge < -0.3 is 34.2 Å². The first-order valence-electron chi connectivity index (χ1n) is 30.1. The summed E-state index contributed by atoms with van der Waals surface area (Å²) >= 11 is 3.40. The molecule has 30 heteroatoms. The SMILES string of the molecule is CCN(CC)C(=O)c1ccccc1-c1ccccc1C.CCN(CC)C(=O)c1ccccc1O.CCN(CC)C(=O)c1ccccc1OS(=O)(=O)C(F)(F)F.Cc1ccccc1Br.O=S(=O)(OS(=O)(=O)C(F)(F)F)C(F)(F)F.Oc1cc2ccccc2c2ccccc12.Oc1ccccc1. The number of aromatic hydroxyl groups is 3. The van der Waals surface area contributed by atoms with E-state index in [1.807, 2.05) is 145 Å². The van der Waals surface area contributed by atoms with Crippen LogP contribution in [0, 0.1) is 13.8 Å². The highest BCUT2D eigenvalue weighted by Gasteiger charge is 2.57. The van der Waals surface area contributed by atoms with E-state index in [1.54, 1.807) is 61.2 Å². The van der Waals surface area contributed by atoms with Gasteiger partial charge in [-0.1, -0.05) is 168 Å². The number of amides is 3. The normalized spacial score (nSPS) is 11.3. The Balaban J connectivity index is 0.000000311. The summed E-state index contributed by atoms with van der Waals surface area (Å²) in [5.74, 6) is -0.544. The maximum atomic E-state index is 12.6. The molecule has 540 valence electrons. The molecule has 0 atom stereocenters. The molecule has 9 rings (SSSR count). The van der Waals surface area contributed by atoms with E-state index in [9.17, 15) is 89.4 Å². The van der Waals surface area contributed by atoms with Gasteiger partial charge in [0.05, 0.1) is 11.1 Å². The van der Waals surface area contributed by atoms with Gasteiger partial charge in [-0.05, 0) is 148 Å². The van der Waals surface area contributed by atoms with Gasteiger partial charge in [0.1, 0.15) is 17.2 Å². The second kappa shape index (κ2) is 38.9. The summed E-state index contributed by atoms with van der Waals surface area (Å²) in [6.45, 7) is 18.8. The molecule has 0 fully saturated rings. The molecule has 17 nitrogen and oxygen atoms in total. The smallest absolute Gasteiger partial charge is 0.508 e. The molecule has 0 bridgehead atoms. The van der Waals surface area contributed by atoms with Crippen LogP contribution in [0.25, 0.3) is 32.7 Å². The van der Waals surface area contributed by atoms with Crippen molar-refractivity contribution in [2.24, 2.45) is 0 Å². The first-order valence-corrected chi connectivity index (χ1v) is 35.1. The number of para-hydroxylation sites is 3. The van der Waals surface area contributed by atoms with Crippen molar-refractivity contribution in [3.05, 3.63) is 239 Å². The molecule has 3 N–H and O–H groups in total. The molecule has 0 saturated heterocycles. The molecule has 0 radical (unpaired) electrons. The molecule has 0 spiro atoms. The fraction of sp³-hybridized carbons (Fsp3) is 0.243. The average Bonchev–Trinajstić information content (AvgIpc) is 0.718. The molecule has 0 aromatic heterocycles. The number of halogens is 10. The fourth-order valence-corrected chi connectivity index (χ4v) is 10.9. The summed E-state index contributed by atoms with van der Waals surface area (Å²) in [6.07, 6.45) is 0. The van der Waals surface area contributed by atoms with Gasteiger partial charge in [0.2, 0.25) is 0 Å². The number of hydrogen-bond donors (Lipinski definition) is 3.